The van der Waals surface area contributed by atoms with Gasteiger partial charge in [-0.1, -0.05) is 0 Å². The molecule has 0 radical (unpaired) electrons. The highest BCUT2D eigenvalue weighted by molar-refractivity contribution is 6.04. The van der Waals surface area contributed by atoms with Crippen molar-refractivity contribution in [2.45, 2.75) is 13.3 Å². The summed E-state index contributed by atoms with van der Waals surface area (Å²) in [7, 11) is 1.58. The van der Waals surface area contributed by atoms with Crippen LogP contribution in [0.1, 0.15) is 22.3 Å². The Balaban J connectivity index is 1.69. The van der Waals surface area contributed by atoms with E-state index in [9.17, 15) is 18.8 Å². The number of methoxy groups -OCH3 is 1. The molecule has 0 atom stereocenters. The Morgan fingerprint density at radius 3 is 2.78 bits per heavy atom. The molecule has 2 aromatic carbocycles. The lowest BCUT2D eigenvalue weighted by molar-refractivity contribution is -0.125. The van der Waals surface area contributed by atoms with Crippen molar-refractivity contribution in [2.75, 3.05) is 44.9 Å². The molecule has 0 bridgehead atoms. The van der Waals surface area contributed by atoms with Crippen LogP contribution in [0.4, 0.5) is 10.1 Å². The van der Waals surface area contributed by atoms with Gasteiger partial charge in [-0.05, 0) is 55.3 Å². The molecule has 170 valence electrons. The van der Waals surface area contributed by atoms with Crippen molar-refractivity contribution in [1.82, 2.24) is 5.32 Å². The molecule has 1 aliphatic rings. The number of ether oxygens (including phenoxy) is 3. The van der Waals surface area contributed by atoms with E-state index < -0.39 is 0 Å². The van der Waals surface area contributed by atoms with Crippen LogP contribution < -0.4 is 19.7 Å². The first-order chi connectivity index (χ1) is 15.4. The second kappa shape index (κ2) is 10.7. The summed E-state index contributed by atoms with van der Waals surface area (Å²) in [5.74, 6) is -0.616. The van der Waals surface area contributed by atoms with Gasteiger partial charge in [0.05, 0.1) is 5.69 Å². The summed E-state index contributed by atoms with van der Waals surface area (Å²) in [6.45, 7) is 1.99. The lowest BCUT2D eigenvalue weighted by Gasteiger charge is -2.29. The minimum atomic E-state index is -0.386. The third-order valence-electron chi connectivity index (χ3n) is 4.87. The number of hydrogen-bond donors (Lipinski definition) is 1. The van der Waals surface area contributed by atoms with E-state index in [0.29, 0.717) is 47.9 Å². The number of nitrogens with zero attached hydrogens (tertiary/aromatic N) is 1. The van der Waals surface area contributed by atoms with Crippen molar-refractivity contribution in [1.29, 1.82) is 0 Å². The second-order valence-electron chi connectivity index (χ2n) is 7.27. The van der Waals surface area contributed by atoms with Crippen molar-refractivity contribution in [3.05, 3.63) is 53.3 Å². The van der Waals surface area contributed by atoms with Gasteiger partial charge in [-0.15, -0.1) is 0 Å². The van der Waals surface area contributed by atoms with Crippen LogP contribution in [-0.4, -0.2) is 57.6 Å². The average molecular weight is 444 g/mol. The summed E-state index contributed by atoms with van der Waals surface area (Å²) < 4.78 is 29.1. The molecule has 0 spiro atoms. The highest BCUT2D eigenvalue weighted by atomic mass is 19.1. The van der Waals surface area contributed by atoms with Crippen LogP contribution in [0.5, 0.6) is 11.5 Å². The van der Waals surface area contributed by atoms with E-state index in [0.717, 1.165) is 0 Å². The number of amides is 2. The molecular formula is C23H25FN2O6. The molecule has 0 saturated heterocycles. The van der Waals surface area contributed by atoms with Crippen LogP contribution in [0.2, 0.25) is 0 Å². The summed E-state index contributed by atoms with van der Waals surface area (Å²) in [6.07, 6.45) is 0.655. The Bertz CT molecular complexity index is 1010. The number of carbonyl (C=O) groups is 3. The molecule has 9 heteroatoms. The number of benzene rings is 2. The predicted molar refractivity (Wildman–Crippen MR) is 115 cm³/mol. The maximum Gasteiger partial charge on any atom is 0.265 e. The van der Waals surface area contributed by atoms with Crippen LogP contribution in [0.25, 0.3) is 0 Å². The van der Waals surface area contributed by atoms with Gasteiger partial charge in [0.15, 0.2) is 19.0 Å². The fraction of sp³-hybridized carbons (Fsp3) is 0.348. The molecule has 0 fully saturated rings. The fourth-order valence-electron chi connectivity index (χ4n) is 3.19. The zero-order valence-electron chi connectivity index (χ0n) is 18.0. The van der Waals surface area contributed by atoms with E-state index in [2.05, 4.69) is 5.32 Å². The molecule has 32 heavy (non-hydrogen) atoms. The van der Waals surface area contributed by atoms with Crippen molar-refractivity contribution in [3.63, 3.8) is 0 Å². The van der Waals surface area contributed by atoms with E-state index in [4.69, 9.17) is 14.2 Å². The molecular weight excluding hydrogens is 419 g/mol. The van der Waals surface area contributed by atoms with Gasteiger partial charge < -0.3 is 19.5 Å². The van der Waals surface area contributed by atoms with Crippen LogP contribution in [0.15, 0.2) is 36.4 Å². The van der Waals surface area contributed by atoms with E-state index >= 15 is 0 Å². The zero-order chi connectivity index (χ0) is 23.1. The Labute approximate surface area is 185 Å². The van der Waals surface area contributed by atoms with Gasteiger partial charge in [-0.25, -0.2) is 4.39 Å². The first-order valence-electron chi connectivity index (χ1n) is 10.1. The highest BCUT2D eigenvalue weighted by Crippen LogP contribution is 2.33. The predicted octanol–water partition coefficient (Wildman–Crippen LogP) is 2.27. The Kier molecular flexibility index (Phi) is 7.77. The number of nitrogens with one attached hydrogen (secondary N) is 1. The largest absolute Gasteiger partial charge is 0.485 e. The van der Waals surface area contributed by atoms with E-state index in [1.807, 2.05) is 0 Å². The number of rotatable bonds is 10. The number of Topliss-reactive ketones (excluding diaryl/α,β-unsaturated/α-hetero) is 1. The number of carbonyl (C=O) groups excluding carboxylic acids is 3. The van der Waals surface area contributed by atoms with Gasteiger partial charge in [0, 0.05) is 25.8 Å². The fourth-order valence-corrected chi connectivity index (χ4v) is 3.19. The number of fused-ring (bicyclic) bond motifs is 1. The maximum absolute atomic E-state index is 13.2. The van der Waals surface area contributed by atoms with Gasteiger partial charge in [-0.2, -0.15) is 0 Å². The number of ketones is 1. The number of halogens is 1. The zero-order valence-corrected chi connectivity index (χ0v) is 18.0. The smallest absolute Gasteiger partial charge is 0.265 e. The number of hydrogen-bond acceptors (Lipinski definition) is 6. The van der Waals surface area contributed by atoms with Crippen molar-refractivity contribution < 1.29 is 33.0 Å². The summed E-state index contributed by atoms with van der Waals surface area (Å²) in [5.41, 5.74) is 1.22. The lowest BCUT2D eigenvalue weighted by Crippen LogP contribution is -2.45. The van der Waals surface area contributed by atoms with Crippen LogP contribution >= 0.6 is 0 Å². The molecule has 0 saturated carbocycles. The summed E-state index contributed by atoms with van der Waals surface area (Å²) >= 11 is 0. The highest BCUT2D eigenvalue weighted by Gasteiger charge is 2.28. The molecule has 2 aromatic rings. The van der Waals surface area contributed by atoms with Crippen LogP contribution in [0, 0.1) is 12.7 Å². The van der Waals surface area contributed by atoms with Crippen molar-refractivity contribution in [2.24, 2.45) is 0 Å². The molecule has 8 nitrogen and oxygen atoms in total. The first kappa shape index (κ1) is 23.2. The van der Waals surface area contributed by atoms with Crippen LogP contribution in [0.3, 0.4) is 0 Å². The Hall–Kier alpha value is -3.46. The molecule has 2 amide bonds. The average Bonchev–Trinajstić information content (AvgIpc) is 2.77. The normalized spacial score (nSPS) is 12.7. The van der Waals surface area contributed by atoms with Crippen LogP contribution in [-0.2, 0) is 14.3 Å². The molecule has 0 unspecified atom stereocenters. The SMILES string of the molecule is COCCCNC(=O)CN1C(=O)COc2ccc(C(=O)COc3ccc(F)cc3C)cc21. The van der Waals surface area contributed by atoms with E-state index in [1.54, 1.807) is 26.2 Å². The van der Waals surface area contributed by atoms with E-state index in [1.165, 1.54) is 29.2 Å². The quantitative estimate of drug-likeness (QED) is 0.446. The van der Waals surface area contributed by atoms with Gasteiger partial charge >= 0.3 is 0 Å². The maximum atomic E-state index is 13.2. The van der Waals surface area contributed by atoms with Gasteiger partial charge in [0.1, 0.15) is 23.9 Å². The minimum Gasteiger partial charge on any atom is -0.485 e. The van der Waals surface area contributed by atoms with Crippen molar-refractivity contribution >= 4 is 23.3 Å². The third kappa shape index (κ3) is 5.82. The molecule has 0 aromatic heterocycles. The Morgan fingerprint density at radius 1 is 1.22 bits per heavy atom. The summed E-state index contributed by atoms with van der Waals surface area (Å²) in [6, 6.07) is 8.70. The van der Waals surface area contributed by atoms with Gasteiger partial charge in [0.25, 0.3) is 5.91 Å². The minimum absolute atomic E-state index is 0.189. The summed E-state index contributed by atoms with van der Waals surface area (Å²) in [4.78, 5) is 38.6. The molecule has 3 rings (SSSR count). The van der Waals surface area contributed by atoms with Crippen molar-refractivity contribution in [3.8, 4) is 11.5 Å². The lowest BCUT2D eigenvalue weighted by atomic mass is 10.1. The monoisotopic (exact) mass is 444 g/mol. The third-order valence-corrected chi connectivity index (χ3v) is 4.87. The number of anilines is 1. The van der Waals surface area contributed by atoms with Gasteiger partial charge in [-0.3, -0.25) is 19.3 Å². The molecule has 1 heterocycles. The van der Waals surface area contributed by atoms with Gasteiger partial charge in [0.2, 0.25) is 5.91 Å². The summed E-state index contributed by atoms with van der Waals surface area (Å²) in [5, 5.41) is 2.73. The standard InChI is InChI=1S/C23H25FN2O6/c1-15-10-17(24)5-7-20(15)31-13-19(27)16-4-6-21-18(11-16)26(23(29)14-32-21)12-22(28)25-8-3-9-30-2/h4-7,10-11H,3,8-9,12-14H2,1-2H3,(H,25,28). The number of aryl methyl sites for hydroxylation is 1. The molecule has 0 aliphatic carbocycles. The molecule has 1 aliphatic heterocycles. The Morgan fingerprint density at radius 2 is 2.03 bits per heavy atom. The topological polar surface area (TPSA) is 94.2 Å². The van der Waals surface area contributed by atoms with E-state index in [-0.39, 0.29) is 43.2 Å². The first-order valence-corrected chi connectivity index (χ1v) is 10.1. The molecule has 1 N–H and O–H groups in total. The second-order valence-corrected chi connectivity index (χ2v) is 7.27.